The molecule has 2 aromatic rings. The van der Waals surface area contributed by atoms with Gasteiger partial charge in [-0.2, -0.15) is 0 Å². The lowest BCUT2D eigenvalue weighted by atomic mass is 10.2. The Labute approximate surface area is 124 Å². The molecule has 1 aromatic heterocycles. The number of aromatic nitrogens is 1. The van der Waals surface area contributed by atoms with Crippen molar-refractivity contribution < 1.29 is 13.9 Å². The second-order valence-corrected chi connectivity index (χ2v) is 5.78. The molecule has 0 amide bonds. The number of hydrogen-bond acceptors (Lipinski definition) is 4. The highest BCUT2D eigenvalue weighted by atomic mass is 19.1. The van der Waals surface area contributed by atoms with Crippen molar-refractivity contribution in [2.45, 2.75) is 58.1 Å². The van der Waals surface area contributed by atoms with Crippen LogP contribution in [0.2, 0.25) is 0 Å². The maximum absolute atomic E-state index is 13.5. The highest BCUT2D eigenvalue weighted by molar-refractivity contribution is 5.74. The van der Waals surface area contributed by atoms with E-state index in [-0.39, 0.29) is 17.6 Å². The Bertz CT molecular complexity index is 589. The fraction of sp³-hybridized carbons (Fsp3) is 0.562. The van der Waals surface area contributed by atoms with Crippen LogP contribution in [0.25, 0.3) is 11.1 Å². The fourth-order valence-corrected chi connectivity index (χ4v) is 2.33. The zero-order valence-corrected chi connectivity index (χ0v) is 12.6. The molecule has 0 unspecified atom stereocenters. The molecule has 3 N–H and O–H groups in total. The van der Waals surface area contributed by atoms with E-state index in [1.807, 2.05) is 13.8 Å². The van der Waals surface area contributed by atoms with Gasteiger partial charge in [0.1, 0.15) is 5.52 Å². The highest BCUT2D eigenvalue weighted by Gasteiger charge is 2.13. The summed E-state index contributed by atoms with van der Waals surface area (Å²) in [6.07, 6.45) is 4.60. The summed E-state index contributed by atoms with van der Waals surface area (Å²) in [5.74, 6) is 0.309. The van der Waals surface area contributed by atoms with Crippen LogP contribution in [0, 0.1) is 5.82 Å². The number of nitrogens with zero attached hydrogens (tertiary/aromatic N) is 1. The summed E-state index contributed by atoms with van der Waals surface area (Å²) in [4.78, 5) is 4.22. The molecule has 4 nitrogen and oxygen atoms in total. The third-order valence-electron chi connectivity index (χ3n) is 3.58. The van der Waals surface area contributed by atoms with Gasteiger partial charge in [-0.25, -0.2) is 9.37 Å². The molecule has 0 radical (unpaired) electrons. The molecule has 1 heterocycles. The molecule has 0 atom stereocenters. The largest absolute Gasteiger partial charge is 0.437 e. The average Bonchev–Trinajstić information content (AvgIpc) is 3.08. The van der Waals surface area contributed by atoms with Crippen molar-refractivity contribution in [2.75, 3.05) is 0 Å². The molecule has 116 valence electrons. The van der Waals surface area contributed by atoms with Crippen molar-refractivity contribution in [3.63, 3.8) is 0 Å². The van der Waals surface area contributed by atoms with E-state index < -0.39 is 5.82 Å². The summed E-state index contributed by atoms with van der Waals surface area (Å²) in [6.45, 7) is 4.20. The van der Waals surface area contributed by atoms with Crippen molar-refractivity contribution in [1.29, 1.82) is 0 Å². The number of hydrogen-bond donors (Lipinski definition) is 2. The van der Waals surface area contributed by atoms with E-state index in [9.17, 15) is 4.39 Å². The summed E-state index contributed by atoms with van der Waals surface area (Å²) >= 11 is 0. The molecule has 5 heteroatoms. The Morgan fingerprint density at radius 2 is 2.05 bits per heavy atom. The molecule has 3 rings (SSSR count). The minimum absolute atomic E-state index is 0.0463. The van der Waals surface area contributed by atoms with E-state index in [1.165, 1.54) is 18.9 Å². The smallest absolute Gasteiger partial charge is 0.198 e. The lowest BCUT2D eigenvalue weighted by Crippen LogP contribution is -1.96. The van der Waals surface area contributed by atoms with Gasteiger partial charge in [0.05, 0.1) is 6.10 Å². The topological polar surface area (TPSA) is 72.3 Å². The molecule has 1 fully saturated rings. The number of aliphatic hydroxyl groups excluding tert-OH is 1. The minimum Gasteiger partial charge on any atom is -0.437 e. The van der Waals surface area contributed by atoms with E-state index in [0.29, 0.717) is 18.0 Å². The van der Waals surface area contributed by atoms with Gasteiger partial charge in [0.25, 0.3) is 0 Å². The minimum atomic E-state index is -0.396. The number of nitrogens with two attached hydrogens (primary N) is 1. The Morgan fingerprint density at radius 3 is 2.52 bits per heavy atom. The van der Waals surface area contributed by atoms with Gasteiger partial charge in [0, 0.05) is 12.5 Å². The molecule has 1 saturated carbocycles. The van der Waals surface area contributed by atoms with Crippen LogP contribution in [-0.4, -0.2) is 16.2 Å². The predicted octanol–water partition coefficient (Wildman–Crippen LogP) is 3.47. The summed E-state index contributed by atoms with van der Waals surface area (Å²) in [6, 6.07) is 3.14. The molecular weight excluding hydrogens is 271 g/mol. The molecule has 0 bridgehead atoms. The van der Waals surface area contributed by atoms with Crippen LogP contribution in [-0.2, 0) is 6.54 Å². The maximum atomic E-state index is 13.5. The van der Waals surface area contributed by atoms with E-state index >= 15 is 0 Å². The first kappa shape index (κ1) is 15.9. The Kier molecular flexibility index (Phi) is 5.31. The van der Waals surface area contributed by atoms with E-state index in [0.717, 1.165) is 18.4 Å². The summed E-state index contributed by atoms with van der Waals surface area (Å²) in [5.41, 5.74) is 6.94. The van der Waals surface area contributed by atoms with Gasteiger partial charge in [-0.05, 0) is 30.5 Å². The van der Waals surface area contributed by atoms with Crippen LogP contribution in [0.1, 0.15) is 56.9 Å². The van der Waals surface area contributed by atoms with Crippen LogP contribution < -0.4 is 5.73 Å². The Morgan fingerprint density at radius 1 is 1.38 bits per heavy atom. The van der Waals surface area contributed by atoms with E-state index in [1.54, 1.807) is 6.07 Å². The summed E-state index contributed by atoms with van der Waals surface area (Å²) in [7, 11) is 0. The number of oxazole rings is 1. The summed E-state index contributed by atoms with van der Waals surface area (Å²) in [5, 5.41) is 8.73. The number of fused-ring (bicyclic) bond motifs is 1. The number of benzene rings is 1. The van der Waals surface area contributed by atoms with Gasteiger partial charge in [0.2, 0.25) is 0 Å². The molecular formula is C16H23FN2O2. The van der Waals surface area contributed by atoms with Crippen molar-refractivity contribution in [2.24, 2.45) is 5.73 Å². The van der Waals surface area contributed by atoms with Crippen LogP contribution in [0.4, 0.5) is 4.39 Å². The highest BCUT2D eigenvalue weighted by Crippen LogP contribution is 2.24. The van der Waals surface area contributed by atoms with Gasteiger partial charge in [-0.1, -0.05) is 26.7 Å². The van der Waals surface area contributed by atoms with Gasteiger partial charge in [0.15, 0.2) is 17.3 Å². The second kappa shape index (κ2) is 7.00. The van der Waals surface area contributed by atoms with Crippen molar-refractivity contribution in [3.8, 4) is 0 Å². The molecule has 21 heavy (non-hydrogen) atoms. The predicted molar refractivity (Wildman–Crippen MR) is 80.4 cm³/mol. The third kappa shape index (κ3) is 4.02. The van der Waals surface area contributed by atoms with E-state index in [4.69, 9.17) is 15.3 Å². The van der Waals surface area contributed by atoms with Gasteiger partial charge in [-0.15, -0.1) is 0 Å². The first-order chi connectivity index (χ1) is 10.0. The van der Waals surface area contributed by atoms with Crippen LogP contribution in [0.15, 0.2) is 16.5 Å². The van der Waals surface area contributed by atoms with Crippen LogP contribution in [0.5, 0.6) is 0 Å². The monoisotopic (exact) mass is 294 g/mol. The molecule has 1 aliphatic carbocycles. The zero-order chi connectivity index (χ0) is 15.4. The average molecular weight is 294 g/mol. The van der Waals surface area contributed by atoms with Gasteiger partial charge < -0.3 is 15.3 Å². The molecule has 1 aliphatic rings. The number of aliphatic hydroxyl groups is 1. The number of rotatable bonds is 2. The SMILES string of the molecule is CC(C)c1nc2cc(CN)cc(F)c2o1.OC1CCCC1. The van der Waals surface area contributed by atoms with Crippen molar-refractivity contribution in [1.82, 2.24) is 4.98 Å². The molecule has 0 spiro atoms. The second-order valence-electron chi connectivity index (χ2n) is 5.78. The molecule has 0 aliphatic heterocycles. The van der Waals surface area contributed by atoms with Crippen LogP contribution >= 0.6 is 0 Å². The van der Waals surface area contributed by atoms with Gasteiger partial charge >= 0.3 is 0 Å². The summed E-state index contributed by atoms with van der Waals surface area (Å²) < 4.78 is 18.9. The number of halogens is 1. The van der Waals surface area contributed by atoms with Crippen molar-refractivity contribution in [3.05, 3.63) is 29.4 Å². The standard InChI is InChI=1S/C11H13FN2O.C5H10O/c1-6(2)11-14-9-4-7(5-13)3-8(12)10(9)15-11;6-5-3-1-2-4-5/h3-4,6H,5,13H2,1-2H3;5-6H,1-4H2. The first-order valence-electron chi connectivity index (χ1n) is 7.48. The van der Waals surface area contributed by atoms with Crippen LogP contribution in [0.3, 0.4) is 0 Å². The zero-order valence-electron chi connectivity index (χ0n) is 12.6. The third-order valence-corrected chi connectivity index (χ3v) is 3.58. The lowest BCUT2D eigenvalue weighted by molar-refractivity contribution is 0.183. The quantitative estimate of drug-likeness (QED) is 0.889. The van der Waals surface area contributed by atoms with Gasteiger partial charge in [-0.3, -0.25) is 0 Å². The maximum Gasteiger partial charge on any atom is 0.198 e. The normalized spacial score (nSPS) is 15.5. The van der Waals surface area contributed by atoms with E-state index in [2.05, 4.69) is 4.98 Å². The molecule has 1 aromatic carbocycles. The Hall–Kier alpha value is -1.46. The first-order valence-corrected chi connectivity index (χ1v) is 7.48. The lowest BCUT2D eigenvalue weighted by Gasteiger charge is -1.95. The Balaban J connectivity index is 0.000000225. The van der Waals surface area contributed by atoms with Crippen molar-refractivity contribution >= 4 is 11.1 Å². The molecule has 0 saturated heterocycles. The fourth-order valence-electron chi connectivity index (χ4n) is 2.33.